The van der Waals surface area contributed by atoms with Gasteiger partial charge in [-0.3, -0.25) is 10.1 Å². The molecule has 0 saturated heterocycles. The highest BCUT2D eigenvalue weighted by Crippen LogP contribution is 2.21. The van der Waals surface area contributed by atoms with Gasteiger partial charge < -0.3 is 10.2 Å². The first kappa shape index (κ1) is 18.5. The molecule has 0 bridgehead atoms. The molecule has 0 spiro atoms. The zero-order chi connectivity index (χ0) is 18.9. The van der Waals surface area contributed by atoms with E-state index in [0.717, 1.165) is 11.3 Å². The van der Waals surface area contributed by atoms with Gasteiger partial charge in [-0.15, -0.1) is 0 Å². The van der Waals surface area contributed by atoms with Crippen molar-refractivity contribution in [2.75, 3.05) is 25.5 Å². The van der Waals surface area contributed by atoms with Crippen LogP contribution in [0.4, 0.5) is 11.4 Å². The third-order valence-corrected chi connectivity index (χ3v) is 3.74. The highest BCUT2D eigenvalue weighted by Gasteiger charge is 2.14. The molecule has 0 aliphatic rings. The molecule has 2 rings (SSSR count). The van der Waals surface area contributed by atoms with Crippen molar-refractivity contribution in [3.05, 3.63) is 75.8 Å². The van der Waals surface area contributed by atoms with Gasteiger partial charge in [-0.05, 0) is 17.7 Å². The highest BCUT2D eigenvalue weighted by atomic mass is 16.6. The normalized spacial score (nSPS) is 9.50. The number of nitrogens with one attached hydrogen (secondary N) is 1. The Hall–Kier alpha value is -3.84. The Morgan fingerprint density at radius 2 is 1.73 bits per heavy atom. The summed E-state index contributed by atoms with van der Waals surface area (Å²) in [6.07, 6.45) is 0. The van der Waals surface area contributed by atoms with Gasteiger partial charge in [0, 0.05) is 38.0 Å². The number of nitro groups is 1. The first-order chi connectivity index (χ1) is 12.6. The van der Waals surface area contributed by atoms with Crippen molar-refractivity contribution in [2.24, 2.45) is 0 Å². The first-order valence-corrected chi connectivity index (χ1v) is 7.86. The minimum Gasteiger partial charge on any atom is -0.383 e. The molecular weight excluding hydrogens is 330 g/mol. The van der Waals surface area contributed by atoms with Crippen LogP contribution in [0.2, 0.25) is 0 Å². The predicted octanol–water partition coefficient (Wildman–Crippen LogP) is 3.40. The van der Waals surface area contributed by atoms with Crippen LogP contribution in [0.1, 0.15) is 5.56 Å². The van der Waals surface area contributed by atoms with Crippen molar-refractivity contribution in [1.82, 2.24) is 4.90 Å². The predicted molar refractivity (Wildman–Crippen MR) is 98.8 cm³/mol. The van der Waals surface area contributed by atoms with Crippen molar-refractivity contribution in [3.8, 4) is 12.1 Å². The number of hydrogen-bond donors (Lipinski definition) is 1. The Bertz CT molecular complexity index is 861. The number of likely N-dealkylation sites (N-methyl/N-ethyl adjacent to an activating group) is 1. The number of hydrogen-bond acceptors (Lipinski definition) is 6. The average molecular weight is 347 g/mol. The molecular formula is C19H17N5O2. The van der Waals surface area contributed by atoms with Crippen LogP contribution in [0.25, 0.3) is 5.70 Å². The molecule has 0 heterocycles. The molecule has 0 atom stereocenters. The molecule has 7 heteroatoms. The summed E-state index contributed by atoms with van der Waals surface area (Å²) in [6.45, 7) is 1.07. The second-order valence-corrected chi connectivity index (χ2v) is 5.47. The zero-order valence-corrected chi connectivity index (χ0v) is 14.2. The summed E-state index contributed by atoms with van der Waals surface area (Å²) in [5, 5.41) is 32.3. The number of nitro benzene ring substituents is 1. The molecule has 2 aromatic rings. The van der Waals surface area contributed by atoms with Crippen molar-refractivity contribution in [1.29, 1.82) is 10.5 Å². The number of benzene rings is 2. The molecule has 2 aromatic carbocycles. The van der Waals surface area contributed by atoms with E-state index in [1.165, 1.54) is 12.1 Å². The summed E-state index contributed by atoms with van der Waals surface area (Å²) in [6, 6.07) is 19.3. The fraction of sp³-hybridized carbons (Fsp3) is 0.158. The maximum atomic E-state index is 10.7. The molecule has 0 radical (unpaired) electrons. The van der Waals surface area contributed by atoms with E-state index in [2.05, 4.69) is 5.32 Å². The lowest BCUT2D eigenvalue weighted by molar-refractivity contribution is -0.384. The Morgan fingerprint density at radius 3 is 2.27 bits per heavy atom. The van der Waals surface area contributed by atoms with Gasteiger partial charge in [-0.1, -0.05) is 30.3 Å². The summed E-state index contributed by atoms with van der Waals surface area (Å²) in [4.78, 5) is 12.1. The number of allylic oxidation sites excluding steroid dienone is 1. The van der Waals surface area contributed by atoms with E-state index in [4.69, 9.17) is 0 Å². The highest BCUT2D eigenvalue weighted by molar-refractivity contribution is 5.73. The lowest BCUT2D eigenvalue weighted by Crippen LogP contribution is -2.25. The van der Waals surface area contributed by atoms with Gasteiger partial charge in [0.25, 0.3) is 5.69 Å². The molecule has 0 unspecified atom stereocenters. The lowest BCUT2D eigenvalue weighted by Gasteiger charge is -2.23. The molecule has 130 valence electrons. The van der Waals surface area contributed by atoms with Gasteiger partial charge in [0.2, 0.25) is 0 Å². The van der Waals surface area contributed by atoms with Crippen LogP contribution >= 0.6 is 0 Å². The largest absolute Gasteiger partial charge is 0.383 e. The van der Waals surface area contributed by atoms with E-state index in [-0.39, 0.29) is 11.3 Å². The van der Waals surface area contributed by atoms with Gasteiger partial charge in [0.15, 0.2) is 5.57 Å². The van der Waals surface area contributed by atoms with Gasteiger partial charge >= 0.3 is 0 Å². The lowest BCUT2D eigenvalue weighted by atomic mass is 10.1. The van der Waals surface area contributed by atoms with E-state index >= 15 is 0 Å². The smallest absolute Gasteiger partial charge is 0.269 e. The standard InChI is InChI=1S/C19H17N5O2/c1-23(12-11-22-17-7-9-18(10-8-17)24(25)26)19(16(13-20)14-21)15-5-3-2-4-6-15/h2-10,22H,11-12H2,1H3. The van der Waals surface area contributed by atoms with Crippen LogP contribution in [-0.4, -0.2) is 30.0 Å². The number of rotatable bonds is 7. The van der Waals surface area contributed by atoms with Crippen LogP contribution < -0.4 is 5.32 Å². The van der Waals surface area contributed by atoms with Crippen LogP contribution in [0.5, 0.6) is 0 Å². The Morgan fingerprint density at radius 1 is 1.12 bits per heavy atom. The first-order valence-electron chi connectivity index (χ1n) is 7.86. The van der Waals surface area contributed by atoms with Crippen molar-refractivity contribution in [2.45, 2.75) is 0 Å². The monoisotopic (exact) mass is 347 g/mol. The number of anilines is 1. The minimum atomic E-state index is -0.445. The van der Waals surface area contributed by atoms with Gasteiger partial charge in [0.1, 0.15) is 12.1 Å². The third kappa shape index (κ3) is 4.59. The zero-order valence-electron chi connectivity index (χ0n) is 14.2. The molecule has 0 aromatic heterocycles. The molecule has 26 heavy (non-hydrogen) atoms. The Balaban J connectivity index is 2.08. The fourth-order valence-corrected chi connectivity index (χ4v) is 2.46. The van der Waals surface area contributed by atoms with E-state index in [1.807, 2.05) is 54.4 Å². The van der Waals surface area contributed by atoms with E-state index in [9.17, 15) is 20.6 Å². The summed E-state index contributed by atoms with van der Waals surface area (Å²) in [5.41, 5.74) is 2.21. The van der Waals surface area contributed by atoms with Gasteiger partial charge in [-0.25, -0.2) is 0 Å². The number of non-ortho nitro benzene ring substituents is 1. The van der Waals surface area contributed by atoms with Crippen LogP contribution in [0, 0.1) is 32.8 Å². The van der Waals surface area contributed by atoms with E-state index in [1.54, 1.807) is 12.1 Å². The van der Waals surface area contributed by atoms with Gasteiger partial charge in [0.05, 0.1) is 10.6 Å². The van der Waals surface area contributed by atoms with Crippen molar-refractivity contribution >= 4 is 17.1 Å². The molecule has 7 nitrogen and oxygen atoms in total. The molecule has 0 aliphatic carbocycles. The summed E-state index contributed by atoms with van der Waals surface area (Å²) in [5.74, 6) is 0. The number of nitriles is 2. The summed E-state index contributed by atoms with van der Waals surface area (Å²) < 4.78 is 0. The second kappa shape index (κ2) is 8.86. The van der Waals surface area contributed by atoms with Crippen LogP contribution in [-0.2, 0) is 0 Å². The Kier molecular flexibility index (Phi) is 6.30. The summed E-state index contributed by atoms with van der Waals surface area (Å²) >= 11 is 0. The number of nitrogens with zero attached hydrogens (tertiary/aromatic N) is 4. The summed E-state index contributed by atoms with van der Waals surface area (Å²) in [7, 11) is 1.81. The van der Waals surface area contributed by atoms with Gasteiger partial charge in [-0.2, -0.15) is 10.5 Å². The van der Waals surface area contributed by atoms with Crippen molar-refractivity contribution in [3.63, 3.8) is 0 Å². The SMILES string of the molecule is CN(CCNc1ccc([N+](=O)[O-])cc1)C(=C(C#N)C#N)c1ccccc1. The van der Waals surface area contributed by atoms with Crippen LogP contribution in [0.15, 0.2) is 60.2 Å². The fourth-order valence-electron chi connectivity index (χ4n) is 2.46. The quantitative estimate of drug-likeness (QED) is 0.467. The van der Waals surface area contributed by atoms with Crippen LogP contribution in [0.3, 0.4) is 0 Å². The van der Waals surface area contributed by atoms with E-state index < -0.39 is 4.92 Å². The molecule has 0 aliphatic heterocycles. The van der Waals surface area contributed by atoms with Crippen molar-refractivity contribution < 1.29 is 4.92 Å². The third-order valence-electron chi connectivity index (χ3n) is 3.74. The molecule has 0 fully saturated rings. The second-order valence-electron chi connectivity index (χ2n) is 5.47. The molecule has 0 saturated carbocycles. The maximum Gasteiger partial charge on any atom is 0.269 e. The molecule has 1 N–H and O–H groups in total. The molecule has 0 amide bonds. The Labute approximate surface area is 151 Å². The van der Waals surface area contributed by atoms with E-state index in [0.29, 0.717) is 18.8 Å². The average Bonchev–Trinajstić information content (AvgIpc) is 2.67. The minimum absolute atomic E-state index is 0.0367. The maximum absolute atomic E-state index is 10.7. The topological polar surface area (TPSA) is 106 Å².